The molecule has 0 saturated carbocycles. The van der Waals surface area contributed by atoms with E-state index in [0.29, 0.717) is 5.39 Å². The molecule has 0 aliphatic heterocycles. The number of carbonyl (C=O) groups is 1. The van der Waals surface area contributed by atoms with Crippen LogP contribution >= 0.6 is 0 Å². The molecule has 3 rings (SSSR count). The van der Waals surface area contributed by atoms with Crippen LogP contribution in [0.1, 0.15) is 10.4 Å². The molecule has 0 spiro atoms. The summed E-state index contributed by atoms with van der Waals surface area (Å²) in [5.74, 6) is -0.645. The molecule has 2 aromatic heterocycles. The first-order valence-corrected chi connectivity index (χ1v) is 5.97. The number of para-hydroxylation sites is 1. The molecule has 0 bridgehead atoms. The Hall–Kier alpha value is -3.09. The average Bonchev–Trinajstić information content (AvgIpc) is 2.49. The standard InChI is InChI=1S/C14H9FN4O2/c15-11-3-1-2-10-12(11)18-7-19-14(10)21-9-4-8(13(16)20)5-17-6-9/h1-7H,(H2,16,20). The van der Waals surface area contributed by atoms with Crippen molar-refractivity contribution >= 4 is 16.8 Å². The smallest absolute Gasteiger partial charge is 0.250 e. The number of nitrogens with two attached hydrogens (primary N) is 1. The zero-order chi connectivity index (χ0) is 14.8. The van der Waals surface area contributed by atoms with Gasteiger partial charge in [0.2, 0.25) is 11.8 Å². The molecule has 6 nitrogen and oxygen atoms in total. The molecule has 3 aromatic rings. The number of amides is 1. The van der Waals surface area contributed by atoms with Gasteiger partial charge in [0.15, 0.2) is 0 Å². The maximum atomic E-state index is 13.7. The Balaban J connectivity index is 2.04. The minimum Gasteiger partial charge on any atom is -0.437 e. The molecule has 0 aliphatic carbocycles. The van der Waals surface area contributed by atoms with Crippen molar-refractivity contribution in [1.82, 2.24) is 15.0 Å². The molecular weight excluding hydrogens is 275 g/mol. The number of hydrogen-bond donors (Lipinski definition) is 1. The number of benzene rings is 1. The molecule has 0 fully saturated rings. The molecule has 7 heteroatoms. The second kappa shape index (κ2) is 5.12. The summed E-state index contributed by atoms with van der Waals surface area (Å²) in [6, 6.07) is 5.90. The van der Waals surface area contributed by atoms with Crippen molar-refractivity contribution in [2.24, 2.45) is 5.73 Å². The third-order valence-electron chi connectivity index (χ3n) is 2.79. The minimum absolute atomic E-state index is 0.154. The first kappa shape index (κ1) is 12.9. The van der Waals surface area contributed by atoms with Gasteiger partial charge in [0.1, 0.15) is 23.4 Å². The summed E-state index contributed by atoms with van der Waals surface area (Å²) in [5.41, 5.74) is 5.54. The summed E-state index contributed by atoms with van der Waals surface area (Å²) >= 11 is 0. The van der Waals surface area contributed by atoms with Gasteiger partial charge in [-0.2, -0.15) is 0 Å². The Labute approximate surface area is 118 Å². The molecule has 0 atom stereocenters. The second-order valence-corrected chi connectivity index (χ2v) is 4.19. The van der Waals surface area contributed by atoms with Gasteiger partial charge in [-0.1, -0.05) is 6.07 Å². The van der Waals surface area contributed by atoms with Gasteiger partial charge in [0.25, 0.3) is 0 Å². The molecule has 1 amide bonds. The lowest BCUT2D eigenvalue weighted by Crippen LogP contribution is -2.11. The number of rotatable bonds is 3. The fourth-order valence-corrected chi connectivity index (χ4v) is 1.83. The summed E-state index contributed by atoms with van der Waals surface area (Å²) in [4.78, 5) is 22.8. The van der Waals surface area contributed by atoms with E-state index in [-0.39, 0.29) is 22.7 Å². The Morgan fingerprint density at radius 1 is 1.24 bits per heavy atom. The van der Waals surface area contributed by atoms with Crippen LogP contribution in [0.3, 0.4) is 0 Å². The maximum Gasteiger partial charge on any atom is 0.250 e. The third kappa shape index (κ3) is 2.48. The first-order valence-electron chi connectivity index (χ1n) is 5.97. The van der Waals surface area contributed by atoms with Crippen LogP contribution in [0.5, 0.6) is 11.6 Å². The summed E-state index contributed by atoms with van der Waals surface area (Å²) < 4.78 is 19.2. The van der Waals surface area contributed by atoms with E-state index in [0.717, 1.165) is 0 Å². The lowest BCUT2D eigenvalue weighted by molar-refractivity contribution is 0.0999. The van der Waals surface area contributed by atoms with E-state index in [1.807, 2.05) is 0 Å². The molecule has 2 heterocycles. The fourth-order valence-electron chi connectivity index (χ4n) is 1.83. The predicted octanol–water partition coefficient (Wildman–Crippen LogP) is 2.06. The van der Waals surface area contributed by atoms with Gasteiger partial charge in [-0.3, -0.25) is 9.78 Å². The molecule has 21 heavy (non-hydrogen) atoms. The normalized spacial score (nSPS) is 10.5. The zero-order valence-corrected chi connectivity index (χ0v) is 10.7. The summed E-state index contributed by atoms with van der Waals surface area (Å²) in [5, 5.41) is 0.418. The maximum absolute atomic E-state index is 13.7. The monoisotopic (exact) mass is 284 g/mol. The van der Waals surface area contributed by atoms with Gasteiger partial charge in [-0.25, -0.2) is 14.4 Å². The van der Waals surface area contributed by atoms with Crippen molar-refractivity contribution in [1.29, 1.82) is 0 Å². The number of pyridine rings is 1. The van der Waals surface area contributed by atoms with E-state index in [1.54, 1.807) is 6.07 Å². The van der Waals surface area contributed by atoms with Crippen molar-refractivity contribution in [2.45, 2.75) is 0 Å². The van der Waals surface area contributed by atoms with Crippen LogP contribution in [0.2, 0.25) is 0 Å². The summed E-state index contributed by atoms with van der Waals surface area (Å²) in [6.07, 6.45) is 3.93. The van der Waals surface area contributed by atoms with Crippen LogP contribution in [-0.4, -0.2) is 20.9 Å². The molecule has 1 aromatic carbocycles. The lowest BCUT2D eigenvalue weighted by atomic mass is 10.2. The van der Waals surface area contributed by atoms with Crippen LogP contribution in [0.4, 0.5) is 4.39 Å². The zero-order valence-electron chi connectivity index (χ0n) is 10.7. The van der Waals surface area contributed by atoms with Crippen LogP contribution in [0.25, 0.3) is 10.9 Å². The van der Waals surface area contributed by atoms with Crippen LogP contribution in [0.15, 0.2) is 43.0 Å². The van der Waals surface area contributed by atoms with Gasteiger partial charge in [0, 0.05) is 6.20 Å². The minimum atomic E-state index is -0.619. The van der Waals surface area contributed by atoms with E-state index in [1.165, 1.54) is 36.9 Å². The van der Waals surface area contributed by atoms with Crippen LogP contribution in [-0.2, 0) is 0 Å². The molecule has 2 N–H and O–H groups in total. The highest BCUT2D eigenvalue weighted by atomic mass is 19.1. The van der Waals surface area contributed by atoms with Gasteiger partial charge in [-0.05, 0) is 18.2 Å². The Bertz CT molecular complexity index is 838. The molecule has 0 saturated heterocycles. The number of nitrogens with zero attached hydrogens (tertiary/aromatic N) is 3. The molecular formula is C14H9FN4O2. The second-order valence-electron chi connectivity index (χ2n) is 4.19. The highest BCUT2D eigenvalue weighted by Gasteiger charge is 2.10. The van der Waals surface area contributed by atoms with Crippen molar-refractivity contribution in [2.75, 3.05) is 0 Å². The average molecular weight is 284 g/mol. The largest absolute Gasteiger partial charge is 0.437 e. The molecule has 104 valence electrons. The molecule has 0 unspecified atom stereocenters. The Morgan fingerprint density at radius 2 is 2.10 bits per heavy atom. The highest BCUT2D eigenvalue weighted by Crippen LogP contribution is 2.27. The number of ether oxygens (including phenoxy) is 1. The van der Waals surface area contributed by atoms with Gasteiger partial charge in [-0.15, -0.1) is 0 Å². The topological polar surface area (TPSA) is 91.0 Å². The Kier molecular flexibility index (Phi) is 3.15. The van der Waals surface area contributed by atoms with Gasteiger partial charge < -0.3 is 10.5 Å². The van der Waals surface area contributed by atoms with E-state index < -0.39 is 11.7 Å². The number of carbonyl (C=O) groups excluding carboxylic acids is 1. The van der Waals surface area contributed by atoms with E-state index in [9.17, 15) is 9.18 Å². The SMILES string of the molecule is NC(=O)c1cncc(Oc2ncnc3c(F)cccc23)c1. The summed E-state index contributed by atoms with van der Waals surface area (Å²) in [7, 11) is 0. The fraction of sp³-hybridized carbons (Fsp3) is 0. The molecule has 0 aliphatic rings. The number of primary amides is 1. The van der Waals surface area contributed by atoms with Crippen molar-refractivity contribution in [3.63, 3.8) is 0 Å². The van der Waals surface area contributed by atoms with E-state index in [4.69, 9.17) is 10.5 Å². The van der Waals surface area contributed by atoms with Crippen molar-refractivity contribution in [3.05, 3.63) is 54.4 Å². The predicted molar refractivity (Wildman–Crippen MR) is 72.3 cm³/mol. The van der Waals surface area contributed by atoms with Crippen LogP contribution < -0.4 is 10.5 Å². The van der Waals surface area contributed by atoms with Gasteiger partial charge in [0.05, 0.1) is 17.1 Å². The number of fused-ring (bicyclic) bond motifs is 1. The van der Waals surface area contributed by atoms with Crippen LogP contribution in [0, 0.1) is 5.82 Å². The third-order valence-corrected chi connectivity index (χ3v) is 2.79. The number of hydrogen-bond acceptors (Lipinski definition) is 5. The summed E-state index contributed by atoms with van der Waals surface area (Å²) in [6.45, 7) is 0. The number of aromatic nitrogens is 3. The van der Waals surface area contributed by atoms with Crippen molar-refractivity contribution < 1.29 is 13.9 Å². The number of halogens is 1. The quantitative estimate of drug-likeness (QED) is 0.794. The first-order chi connectivity index (χ1) is 10.1. The van der Waals surface area contributed by atoms with E-state index in [2.05, 4.69) is 15.0 Å². The lowest BCUT2D eigenvalue weighted by Gasteiger charge is -2.07. The van der Waals surface area contributed by atoms with Crippen molar-refractivity contribution in [3.8, 4) is 11.6 Å². The highest BCUT2D eigenvalue weighted by molar-refractivity contribution is 5.92. The Morgan fingerprint density at radius 3 is 2.90 bits per heavy atom. The van der Waals surface area contributed by atoms with Gasteiger partial charge >= 0.3 is 0 Å². The van der Waals surface area contributed by atoms with E-state index >= 15 is 0 Å². The molecule has 0 radical (unpaired) electrons.